The Kier molecular flexibility index (Phi) is 4.32. The van der Waals surface area contributed by atoms with Gasteiger partial charge in [-0.25, -0.2) is 4.68 Å². The van der Waals surface area contributed by atoms with Crippen LogP contribution < -0.4 is 0 Å². The average Bonchev–Trinajstić information content (AvgIpc) is 3.07. The summed E-state index contributed by atoms with van der Waals surface area (Å²) in [5.74, 6) is 0.276. The number of para-hydroxylation sites is 1. The van der Waals surface area contributed by atoms with Gasteiger partial charge >= 0.3 is 6.18 Å². The molecular formula is C15H12ClF3N2O. The molecule has 3 aromatic rings. The lowest BCUT2D eigenvalue weighted by Crippen LogP contribution is -2.07. The normalized spacial score (nSPS) is 11.3. The minimum atomic E-state index is -4.55. The van der Waals surface area contributed by atoms with Crippen LogP contribution in [0.2, 0.25) is 5.02 Å². The first kappa shape index (κ1) is 16.2. The van der Waals surface area contributed by atoms with Gasteiger partial charge in [0.2, 0.25) is 0 Å². The zero-order valence-electron chi connectivity index (χ0n) is 10.4. The van der Waals surface area contributed by atoms with E-state index in [1.54, 1.807) is 36.4 Å². The van der Waals surface area contributed by atoms with Crippen LogP contribution in [0.15, 0.2) is 53.1 Å². The minimum absolute atomic E-state index is 0. The number of benzene rings is 1. The molecule has 0 fully saturated rings. The molecule has 0 aliphatic carbocycles. The van der Waals surface area contributed by atoms with Gasteiger partial charge in [0.25, 0.3) is 0 Å². The first-order valence-corrected chi connectivity index (χ1v) is 6.30. The maximum atomic E-state index is 12.9. The number of nitrogens with zero attached hydrogens (tertiary/aromatic N) is 2. The number of hydrogen-bond acceptors (Lipinski definition) is 2. The molecule has 116 valence electrons. The summed E-state index contributed by atoms with van der Waals surface area (Å²) in [6, 6.07) is 10.6. The van der Waals surface area contributed by atoms with Crippen molar-refractivity contribution in [2.75, 3.05) is 0 Å². The lowest BCUT2D eigenvalue weighted by atomic mass is 10.2. The highest BCUT2D eigenvalue weighted by molar-refractivity contribution is 6.32. The molecule has 0 aliphatic heterocycles. The van der Waals surface area contributed by atoms with Crippen LogP contribution in [0.5, 0.6) is 0 Å². The Labute approximate surface area is 129 Å². The van der Waals surface area contributed by atoms with Crippen molar-refractivity contribution in [1.29, 1.82) is 0 Å². The average molecular weight is 329 g/mol. The summed E-state index contributed by atoms with van der Waals surface area (Å²) < 4.78 is 45.0. The number of hydrogen-bond donors (Lipinski definition) is 0. The predicted molar refractivity (Wildman–Crippen MR) is 78.0 cm³/mol. The van der Waals surface area contributed by atoms with Crippen LogP contribution in [0, 0.1) is 0 Å². The fourth-order valence-corrected chi connectivity index (χ4v) is 2.14. The van der Waals surface area contributed by atoms with Gasteiger partial charge in [-0.3, -0.25) is 0 Å². The monoisotopic (exact) mass is 328 g/mol. The Bertz CT molecular complexity index is 763. The zero-order valence-corrected chi connectivity index (χ0v) is 11.2. The Balaban J connectivity index is 0.00000176. The predicted octanol–water partition coefficient (Wildman–Crippen LogP) is 5.44. The Morgan fingerprint density at radius 3 is 2.41 bits per heavy atom. The van der Waals surface area contributed by atoms with Crippen LogP contribution in [0.4, 0.5) is 13.2 Å². The highest BCUT2D eigenvalue weighted by atomic mass is 35.5. The fourth-order valence-electron chi connectivity index (χ4n) is 1.93. The molecule has 0 aliphatic rings. The van der Waals surface area contributed by atoms with E-state index in [1.165, 1.54) is 6.26 Å². The van der Waals surface area contributed by atoms with Crippen molar-refractivity contribution in [3.8, 4) is 17.1 Å². The molecule has 0 N–H and O–H groups in total. The number of furan rings is 1. The van der Waals surface area contributed by atoms with E-state index >= 15 is 0 Å². The van der Waals surface area contributed by atoms with E-state index in [-0.39, 0.29) is 18.9 Å². The molecule has 0 amide bonds. The van der Waals surface area contributed by atoms with Crippen LogP contribution in [0.1, 0.15) is 13.1 Å². The van der Waals surface area contributed by atoms with Crippen LogP contribution in [0.3, 0.4) is 0 Å². The van der Waals surface area contributed by atoms with Crippen molar-refractivity contribution in [1.82, 2.24) is 9.78 Å². The van der Waals surface area contributed by atoms with Crippen molar-refractivity contribution in [3.05, 3.63) is 59.4 Å². The maximum Gasteiger partial charge on any atom is 0.435 e. The zero-order chi connectivity index (χ0) is 15.0. The summed E-state index contributed by atoms with van der Waals surface area (Å²) in [5, 5.41) is 3.91. The van der Waals surface area contributed by atoms with Gasteiger partial charge in [-0.1, -0.05) is 31.2 Å². The Hall–Kier alpha value is -2.21. The second-order valence-electron chi connectivity index (χ2n) is 4.25. The summed E-state index contributed by atoms with van der Waals surface area (Å²) in [4.78, 5) is 0. The maximum absolute atomic E-state index is 12.9. The van der Waals surface area contributed by atoms with Gasteiger partial charge in [-0.15, -0.1) is 0 Å². The fraction of sp³-hybridized carbons (Fsp3) is 0.133. The third kappa shape index (κ3) is 2.87. The summed E-state index contributed by atoms with van der Waals surface area (Å²) in [5.41, 5.74) is -0.477. The van der Waals surface area contributed by atoms with Crippen LogP contribution in [0.25, 0.3) is 17.1 Å². The number of aromatic nitrogens is 2. The summed E-state index contributed by atoms with van der Waals surface area (Å²) in [6.07, 6.45) is -3.17. The van der Waals surface area contributed by atoms with Gasteiger partial charge in [-0.2, -0.15) is 18.3 Å². The molecule has 0 unspecified atom stereocenters. The number of rotatable bonds is 2. The molecule has 0 bridgehead atoms. The van der Waals surface area contributed by atoms with Gasteiger partial charge in [0, 0.05) is 6.07 Å². The summed E-state index contributed by atoms with van der Waals surface area (Å²) >= 11 is 6.04. The van der Waals surface area contributed by atoms with Gasteiger partial charge in [0.15, 0.2) is 11.5 Å². The largest absolute Gasteiger partial charge is 0.463 e. The molecule has 0 spiro atoms. The molecule has 0 atom stereocenters. The molecule has 1 aromatic carbocycles. The molecule has 2 aromatic heterocycles. The summed E-state index contributed by atoms with van der Waals surface area (Å²) in [7, 11) is 0. The molecule has 0 saturated carbocycles. The lowest BCUT2D eigenvalue weighted by Gasteiger charge is -2.07. The molecule has 2 heterocycles. The lowest BCUT2D eigenvalue weighted by molar-refractivity contribution is -0.141. The van der Waals surface area contributed by atoms with E-state index in [1.807, 2.05) is 0 Å². The van der Waals surface area contributed by atoms with E-state index in [0.717, 1.165) is 10.7 Å². The van der Waals surface area contributed by atoms with Gasteiger partial charge in [0.1, 0.15) is 5.69 Å². The van der Waals surface area contributed by atoms with Crippen molar-refractivity contribution >= 4 is 11.6 Å². The van der Waals surface area contributed by atoms with E-state index in [4.69, 9.17) is 16.0 Å². The molecule has 22 heavy (non-hydrogen) atoms. The van der Waals surface area contributed by atoms with Crippen molar-refractivity contribution in [3.63, 3.8) is 0 Å². The smallest absolute Gasteiger partial charge is 0.435 e. The van der Waals surface area contributed by atoms with Crippen LogP contribution in [-0.2, 0) is 6.18 Å². The van der Waals surface area contributed by atoms with Gasteiger partial charge in [0.05, 0.1) is 17.0 Å². The second-order valence-corrected chi connectivity index (χ2v) is 4.66. The number of halogens is 4. The second kappa shape index (κ2) is 5.88. The Morgan fingerprint density at radius 1 is 1.09 bits per heavy atom. The molecule has 7 heteroatoms. The van der Waals surface area contributed by atoms with Crippen LogP contribution >= 0.6 is 11.6 Å². The molecule has 3 nitrogen and oxygen atoms in total. The third-order valence-corrected chi connectivity index (χ3v) is 3.17. The quantitative estimate of drug-likeness (QED) is 0.627. The summed E-state index contributed by atoms with van der Waals surface area (Å²) in [6.45, 7) is 0. The van der Waals surface area contributed by atoms with E-state index in [2.05, 4.69) is 5.10 Å². The van der Waals surface area contributed by atoms with E-state index < -0.39 is 11.9 Å². The SMILES string of the molecule is C.FC(F)(F)c1cc(-c2ccco2)n(-c2ccccc2Cl)n1. The van der Waals surface area contributed by atoms with Crippen molar-refractivity contribution < 1.29 is 17.6 Å². The highest BCUT2D eigenvalue weighted by Crippen LogP contribution is 2.34. The molecular weight excluding hydrogens is 317 g/mol. The molecule has 3 rings (SSSR count). The minimum Gasteiger partial charge on any atom is -0.463 e. The molecule has 0 radical (unpaired) electrons. The standard InChI is InChI=1S/C14H8ClF3N2O.CH4/c15-9-4-1-2-5-10(9)20-11(12-6-3-7-21-12)8-13(19-20)14(16,17)18;/h1-8H;1H4. The van der Waals surface area contributed by atoms with Gasteiger partial charge < -0.3 is 4.42 Å². The van der Waals surface area contributed by atoms with E-state index in [0.29, 0.717) is 10.7 Å². The molecule has 0 saturated heterocycles. The third-order valence-electron chi connectivity index (χ3n) is 2.85. The van der Waals surface area contributed by atoms with Crippen molar-refractivity contribution in [2.45, 2.75) is 13.6 Å². The van der Waals surface area contributed by atoms with Crippen LogP contribution in [-0.4, -0.2) is 9.78 Å². The van der Waals surface area contributed by atoms with Gasteiger partial charge in [-0.05, 0) is 24.3 Å². The Morgan fingerprint density at radius 2 is 1.82 bits per heavy atom. The van der Waals surface area contributed by atoms with E-state index in [9.17, 15) is 13.2 Å². The first-order valence-electron chi connectivity index (χ1n) is 5.93. The number of alkyl halides is 3. The first-order chi connectivity index (χ1) is 9.97. The van der Waals surface area contributed by atoms with Crippen molar-refractivity contribution in [2.24, 2.45) is 0 Å². The topological polar surface area (TPSA) is 31.0 Å². The highest BCUT2D eigenvalue weighted by Gasteiger charge is 2.35.